The third-order valence-electron chi connectivity index (χ3n) is 3.74. The minimum atomic E-state index is -0.655. The fourth-order valence-electron chi connectivity index (χ4n) is 1.76. The van der Waals surface area contributed by atoms with Gasteiger partial charge in [-0.1, -0.05) is 18.4 Å². The Labute approximate surface area is 91.7 Å². The average Bonchev–Trinajstić information content (AvgIpc) is 2.26. The number of unbranched alkanes of at least 4 members (excludes halogenated alkanes) is 1. The number of hydroxylamine groups is 3. The summed E-state index contributed by atoms with van der Waals surface area (Å²) in [6.45, 7) is 9.34. The maximum atomic E-state index is 12.0. The molecule has 0 N–H and O–H groups in total. The van der Waals surface area contributed by atoms with Gasteiger partial charge in [0.15, 0.2) is 5.54 Å². The molecule has 0 spiro atoms. The van der Waals surface area contributed by atoms with Gasteiger partial charge in [0.1, 0.15) is 5.54 Å². The molecular formula is C11H21N2O2. The van der Waals surface area contributed by atoms with E-state index in [1.54, 1.807) is 0 Å². The zero-order valence-corrected chi connectivity index (χ0v) is 10.3. The van der Waals surface area contributed by atoms with Crippen molar-refractivity contribution in [2.75, 3.05) is 0 Å². The van der Waals surface area contributed by atoms with Crippen LogP contribution in [0.15, 0.2) is 0 Å². The lowest BCUT2D eigenvalue weighted by molar-refractivity contribution is -0.540. The van der Waals surface area contributed by atoms with Gasteiger partial charge in [-0.25, -0.2) is 0 Å². The molecule has 0 unspecified atom stereocenters. The van der Waals surface area contributed by atoms with Crippen LogP contribution < -0.4 is 0 Å². The van der Waals surface area contributed by atoms with Crippen LogP contribution >= 0.6 is 0 Å². The molecule has 87 valence electrons. The minimum absolute atomic E-state index is 0.381. The Kier molecular flexibility index (Phi) is 3.01. The van der Waals surface area contributed by atoms with E-state index in [-0.39, 0.29) is 0 Å². The standard InChI is InChI=1S/C11H21N2O2/c1-6-7-8-9-12(14)10(2,3)11(4,5)13(9)15/h6-8H2,1-5H3. The smallest absolute Gasteiger partial charge is 0.284 e. The van der Waals surface area contributed by atoms with Crippen LogP contribution in [-0.2, 0) is 5.21 Å². The van der Waals surface area contributed by atoms with Crippen LogP contribution in [0.2, 0.25) is 0 Å². The van der Waals surface area contributed by atoms with Crippen LogP contribution in [0, 0.1) is 5.21 Å². The van der Waals surface area contributed by atoms with Crippen molar-refractivity contribution < 1.29 is 9.95 Å². The molecule has 1 radical (unpaired) electrons. The van der Waals surface area contributed by atoms with E-state index in [4.69, 9.17) is 0 Å². The fourth-order valence-corrected chi connectivity index (χ4v) is 1.76. The van der Waals surface area contributed by atoms with E-state index in [2.05, 4.69) is 6.92 Å². The molecule has 0 aromatic heterocycles. The Morgan fingerprint density at radius 1 is 1.33 bits per heavy atom. The first-order valence-corrected chi connectivity index (χ1v) is 5.57. The van der Waals surface area contributed by atoms with Crippen molar-refractivity contribution in [1.29, 1.82) is 0 Å². The lowest BCUT2D eigenvalue weighted by atomic mass is 9.84. The molecule has 1 heterocycles. The molecule has 0 aliphatic carbocycles. The molecule has 0 amide bonds. The van der Waals surface area contributed by atoms with E-state index in [0.717, 1.165) is 22.6 Å². The zero-order chi connectivity index (χ0) is 11.9. The van der Waals surface area contributed by atoms with Crippen molar-refractivity contribution in [3.63, 3.8) is 0 Å². The van der Waals surface area contributed by atoms with E-state index < -0.39 is 11.1 Å². The second-order valence-electron chi connectivity index (χ2n) is 5.23. The molecule has 1 aliphatic rings. The van der Waals surface area contributed by atoms with Crippen molar-refractivity contribution in [2.24, 2.45) is 0 Å². The second kappa shape index (κ2) is 3.67. The molecule has 0 atom stereocenters. The van der Waals surface area contributed by atoms with Crippen LogP contribution in [0.1, 0.15) is 53.9 Å². The maximum absolute atomic E-state index is 12.0. The predicted octanol–water partition coefficient (Wildman–Crippen LogP) is 2.30. The maximum Gasteiger partial charge on any atom is 0.284 e. The van der Waals surface area contributed by atoms with Gasteiger partial charge >= 0.3 is 0 Å². The molecule has 1 rings (SSSR count). The Balaban J connectivity index is 3.01. The molecule has 1 aliphatic heterocycles. The number of rotatable bonds is 3. The Bertz CT molecular complexity index is 282. The van der Waals surface area contributed by atoms with E-state index in [9.17, 15) is 10.4 Å². The lowest BCUT2D eigenvalue weighted by Gasteiger charge is -2.32. The monoisotopic (exact) mass is 213 g/mol. The summed E-state index contributed by atoms with van der Waals surface area (Å²) < 4.78 is 0.898. The van der Waals surface area contributed by atoms with E-state index in [1.165, 1.54) is 0 Å². The number of amidine groups is 1. The first-order valence-electron chi connectivity index (χ1n) is 5.57. The van der Waals surface area contributed by atoms with Crippen molar-refractivity contribution in [3.05, 3.63) is 5.21 Å². The van der Waals surface area contributed by atoms with E-state index >= 15 is 0 Å². The Morgan fingerprint density at radius 2 is 1.87 bits per heavy atom. The molecule has 0 aromatic rings. The largest absolute Gasteiger partial charge is 0.715 e. The van der Waals surface area contributed by atoms with Gasteiger partial charge in [0.2, 0.25) is 0 Å². The molecule has 0 fully saturated rings. The lowest BCUT2D eigenvalue weighted by Crippen LogP contribution is -2.53. The highest BCUT2D eigenvalue weighted by molar-refractivity contribution is 5.79. The summed E-state index contributed by atoms with van der Waals surface area (Å²) in [5.41, 5.74) is -1.31. The highest BCUT2D eigenvalue weighted by atomic mass is 16.5. The minimum Gasteiger partial charge on any atom is -0.715 e. The summed E-state index contributed by atoms with van der Waals surface area (Å²) in [6.07, 6.45) is 2.46. The summed E-state index contributed by atoms with van der Waals surface area (Å²) >= 11 is 0. The van der Waals surface area contributed by atoms with Gasteiger partial charge in [-0.05, 0) is 34.1 Å². The average molecular weight is 213 g/mol. The van der Waals surface area contributed by atoms with Gasteiger partial charge < -0.3 is 5.21 Å². The quantitative estimate of drug-likeness (QED) is 0.533. The van der Waals surface area contributed by atoms with Crippen LogP contribution in [0.25, 0.3) is 0 Å². The van der Waals surface area contributed by atoms with Crippen molar-refractivity contribution in [3.8, 4) is 0 Å². The molecule has 4 nitrogen and oxygen atoms in total. The molecule has 0 saturated carbocycles. The van der Waals surface area contributed by atoms with Crippen LogP contribution in [0.4, 0.5) is 0 Å². The first kappa shape index (κ1) is 12.3. The Morgan fingerprint density at radius 3 is 2.20 bits per heavy atom. The first-order chi connectivity index (χ1) is 6.76. The van der Waals surface area contributed by atoms with Gasteiger partial charge in [-0.2, -0.15) is 0 Å². The Hall–Kier alpha value is -0.770. The second-order valence-corrected chi connectivity index (χ2v) is 5.23. The normalized spacial score (nSPS) is 23.7. The summed E-state index contributed by atoms with van der Waals surface area (Å²) in [6, 6.07) is 0. The molecule has 4 heteroatoms. The highest BCUT2D eigenvalue weighted by Gasteiger charge is 2.59. The number of nitrogens with zero attached hydrogens (tertiary/aromatic N) is 2. The highest BCUT2D eigenvalue weighted by Crippen LogP contribution is 2.36. The van der Waals surface area contributed by atoms with Crippen molar-refractivity contribution in [1.82, 2.24) is 5.06 Å². The number of hydrogen-bond donors (Lipinski definition) is 0. The van der Waals surface area contributed by atoms with Crippen molar-refractivity contribution in [2.45, 2.75) is 65.0 Å². The van der Waals surface area contributed by atoms with Crippen molar-refractivity contribution >= 4 is 5.84 Å². The molecule has 15 heavy (non-hydrogen) atoms. The fraction of sp³-hybridized carbons (Fsp3) is 0.909. The zero-order valence-electron chi connectivity index (χ0n) is 10.3. The summed E-state index contributed by atoms with van der Waals surface area (Å²) in [4.78, 5) is 0. The summed E-state index contributed by atoms with van der Waals surface area (Å²) in [7, 11) is 0. The third-order valence-corrected chi connectivity index (χ3v) is 3.74. The molecule has 0 saturated heterocycles. The van der Waals surface area contributed by atoms with Gasteiger partial charge in [-0.3, -0.25) is 4.74 Å². The number of hydrogen-bond acceptors (Lipinski definition) is 2. The van der Waals surface area contributed by atoms with Crippen LogP contribution in [0.5, 0.6) is 0 Å². The van der Waals surface area contributed by atoms with E-state index in [0.29, 0.717) is 12.3 Å². The summed E-state index contributed by atoms with van der Waals surface area (Å²) in [5, 5.41) is 24.9. The topological polar surface area (TPSA) is 49.2 Å². The van der Waals surface area contributed by atoms with Gasteiger partial charge in [0.05, 0.1) is 6.42 Å². The summed E-state index contributed by atoms with van der Waals surface area (Å²) in [5.74, 6) is 0.381. The van der Waals surface area contributed by atoms with Gasteiger partial charge in [0.25, 0.3) is 5.84 Å². The van der Waals surface area contributed by atoms with E-state index in [1.807, 2.05) is 27.7 Å². The molecule has 0 bridgehead atoms. The van der Waals surface area contributed by atoms with Crippen LogP contribution in [-0.4, -0.2) is 26.7 Å². The third kappa shape index (κ3) is 1.61. The molecular weight excluding hydrogens is 192 g/mol. The predicted molar refractivity (Wildman–Crippen MR) is 58.8 cm³/mol. The van der Waals surface area contributed by atoms with Crippen LogP contribution in [0.3, 0.4) is 0 Å². The van der Waals surface area contributed by atoms with Gasteiger partial charge in [0, 0.05) is 5.21 Å². The van der Waals surface area contributed by atoms with Gasteiger partial charge in [-0.15, -0.1) is 0 Å². The SMILES string of the molecule is CCCCC1=[N+]([O-])C(C)(C)C(C)(C)N1[O]. The molecule has 0 aromatic carbocycles.